The lowest BCUT2D eigenvalue weighted by atomic mass is 10.1. The lowest BCUT2D eigenvalue weighted by molar-refractivity contribution is 0.0979. The number of rotatable bonds is 9. The maximum Gasteiger partial charge on any atom is 0.268 e. The number of carbonyl (C=O) groups excluding carboxylic acids is 1. The lowest BCUT2D eigenvalue weighted by Crippen LogP contribution is -2.32. The fraction of sp³-hybridized carbons (Fsp3) is 0.292. The zero-order valence-corrected chi connectivity index (χ0v) is 19.4. The van der Waals surface area contributed by atoms with Crippen molar-refractivity contribution in [2.75, 3.05) is 18.5 Å². The van der Waals surface area contributed by atoms with Gasteiger partial charge >= 0.3 is 0 Å². The zero-order valence-electron chi connectivity index (χ0n) is 18.6. The third-order valence-electron chi connectivity index (χ3n) is 5.06. The zero-order chi connectivity index (χ0) is 23.1. The predicted octanol–water partition coefficient (Wildman–Crippen LogP) is 3.54. The number of benzene rings is 2. The summed E-state index contributed by atoms with van der Waals surface area (Å²) in [6.45, 7) is 4.55. The second-order valence-electron chi connectivity index (χ2n) is 7.69. The molecule has 3 aromatic rings. The number of likely N-dealkylation sites (N-methyl/N-ethyl adjacent to an activating group) is 1. The van der Waals surface area contributed by atoms with Crippen molar-refractivity contribution in [1.29, 1.82) is 0 Å². The Morgan fingerprint density at radius 2 is 1.72 bits per heavy atom. The van der Waals surface area contributed by atoms with Crippen LogP contribution in [-0.2, 0) is 22.9 Å². The number of aromatic nitrogens is 2. The number of nitrogens with one attached hydrogen (secondary N) is 1. The fourth-order valence-electron chi connectivity index (χ4n) is 3.20. The fourth-order valence-corrected chi connectivity index (χ4v) is 4.17. The Bertz CT molecular complexity index is 1160. The molecule has 0 saturated carbocycles. The minimum absolute atomic E-state index is 0.0340. The molecule has 3 rings (SSSR count). The van der Waals surface area contributed by atoms with Gasteiger partial charge in [0.05, 0.1) is 16.2 Å². The molecule has 7 nitrogen and oxygen atoms in total. The molecule has 0 aliphatic carbocycles. The van der Waals surface area contributed by atoms with E-state index >= 15 is 0 Å². The molecule has 1 aromatic heterocycles. The Labute approximate surface area is 189 Å². The summed E-state index contributed by atoms with van der Waals surface area (Å²) in [5.74, 6) is -0.227. The highest BCUT2D eigenvalue weighted by Gasteiger charge is 2.22. The second-order valence-corrected chi connectivity index (χ2v) is 9.37. The summed E-state index contributed by atoms with van der Waals surface area (Å²) in [5, 5.41) is 0. The molecule has 2 aromatic carbocycles. The summed E-state index contributed by atoms with van der Waals surface area (Å²) in [6, 6.07) is 16.4. The number of hydrogen-bond acceptors (Lipinski definition) is 6. The van der Waals surface area contributed by atoms with Crippen LogP contribution in [0.3, 0.4) is 0 Å². The smallest absolute Gasteiger partial charge is 0.268 e. The largest absolute Gasteiger partial charge is 0.344 e. The van der Waals surface area contributed by atoms with Gasteiger partial charge in [0, 0.05) is 19.8 Å². The van der Waals surface area contributed by atoms with Crippen LogP contribution < -0.4 is 9.62 Å². The summed E-state index contributed by atoms with van der Waals surface area (Å²) < 4.78 is 27.4. The van der Waals surface area contributed by atoms with E-state index in [-0.39, 0.29) is 10.5 Å². The van der Waals surface area contributed by atoms with E-state index in [1.54, 1.807) is 12.1 Å². The molecular weight excluding hydrogens is 424 g/mol. The monoisotopic (exact) mass is 452 g/mol. The second kappa shape index (κ2) is 10.4. The molecule has 0 spiro atoms. The molecule has 1 heterocycles. The summed E-state index contributed by atoms with van der Waals surface area (Å²) >= 11 is 0. The van der Waals surface area contributed by atoms with Crippen molar-refractivity contribution >= 4 is 21.9 Å². The van der Waals surface area contributed by atoms with Crippen LogP contribution in [0.25, 0.3) is 0 Å². The molecular formula is C24H28N4O3S. The molecule has 0 aliphatic rings. The van der Waals surface area contributed by atoms with Gasteiger partial charge in [0.1, 0.15) is 0 Å². The van der Waals surface area contributed by atoms with Crippen molar-refractivity contribution in [2.24, 2.45) is 0 Å². The van der Waals surface area contributed by atoms with Gasteiger partial charge in [0.15, 0.2) is 0 Å². The molecule has 0 aliphatic heterocycles. The quantitative estimate of drug-likeness (QED) is 0.534. The molecule has 1 N–H and O–H groups in total. The lowest BCUT2D eigenvalue weighted by Gasteiger charge is -2.19. The van der Waals surface area contributed by atoms with Crippen LogP contribution in [0.2, 0.25) is 0 Å². The SMILES string of the molecule is CCCc1nc(N(C)CCc2ccccc2)ncc1C(=O)NS(=O)(=O)c1ccc(C)cc1. The van der Waals surface area contributed by atoms with E-state index in [2.05, 4.69) is 26.8 Å². The van der Waals surface area contributed by atoms with E-state index in [1.807, 2.05) is 44.0 Å². The minimum atomic E-state index is -3.99. The van der Waals surface area contributed by atoms with E-state index in [1.165, 1.54) is 23.9 Å². The van der Waals surface area contributed by atoms with Crippen molar-refractivity contribution in [1.82, 2.24) is 14.7 Å². The van der Waals surface area contributed by atoms with Crippen LogP contribution in [0.1, 0.15) is 40.5 Å². The first-order valence-electron chi connectivity index (χ1n) is 10.5. The van der Waals surface area contributed by atoms with Gasteiger partial charge in [-0.25, -0.2) is 23.1 Å². The molecule has 0 bridgehead atoms. The molecule has 1 amide bonds. The number of carbonyl (C=O) groups is 1. The van der Waals surface area contributed by atoms with Crippen LogP contribution in [0.15, 0.2) is 65.7 Å². The molecule has 0 atom stereocenters. The Balaban J connectivity index is 1.77. The van der Waals surface area contributed by atoms with Gasteiger partial charge in [-0.05, 0) is 37.5 Å². The normalized spacial score (nSPS) is 11.2. The number of anilines is 1. The molecule has 168 valence electrons. The maximum atomic E-state index is 12.8. The molecule has 0 fully saturated rings. The first-order valence-corrected chi connectivity index (χ1v) is 12.0. The predicted molar refractivity (Wildman–Crippen MR) is 125 cm³/mol. The number of hydrogen-bond donors (Lipinski definition) is 1. The first kappa shape index (κ1) is 23.4. The molecule has 0 saturated heterocycles. The summed E-state index contributed by atoms with van der Waals surface area (Å²) in [7, 11) is -2.09. The van der Waals surface area contributed by atoms with Crippen LogP contribution in [0.5, 0.6) is 0 Å². The highest BCUT2D eigenvalue weighted by Crippen LogP contribution is 2.16. The average molecular weight is 453 g/mol. The van der Waals surface area contributed by atoms with Crippen molar-refractivity contribution in [2.45, 2.75) is 38.0 Å². The number of sulfonamides is 1. The van der Waals surface area contributed by atoms with Crippen molar-refractivity contribution < 1.29 is 13.2 Å². The summed E-state index contributed by atoms with van der Waals surface area (Å²) in [5.41, 5.74) is 2.84. The van der Waals surface area contributed by atoms with Gasteiger partial charge in [-0.1, -0.05) is 61.4 Å². The standard InChI is InChI=1S/C24H28N4O3S/c1-4-8-22-21(23(29)27-32(30,31)20-13-11-18(2)12-14-20)17-25-24(26-22)28(3)16-15-19-9-6-5-7-10-19/h5-7,9-14,17H,4,8,15-16H2,1-3H3,(H,27,29). The highest BCUT2D eigenvalue weighted by atomic mass is 32.2. The Morgan fingerprint density at radius 1 is 1.03 bits per heavy atom. The number of aryl methyl sites for hydroxylation is 2. The van der Waals surface area contributed by atoms with E-state index in [0.717, 1.165) is 18.4 Å². The van der Waals surface area contributed by atoms with Gasteiger partial charge in [-0.2, -0.15) is 0 Å². The van der Waals surface area contributed by atoms with E-state index in [0.29, 0.717) is 24.6 Å². The third kappa shape index (κ3) is 5.91. The third-order valence-corrected chi connectivity index (χ3v) is 6.41. The first-order chi connectivity index (χ1) is 15.3. The van der Waals surface area contributed by atoms with Crippen LogP contribution >= 0.6 is 0 Å². The van der Waals surface area contributed by atoms with Crippen LogP contribution in [-0.4, -0.2) is 37.9 Å². The van der Waals surface area contributed by atoms with Crippen molar-refractivity contribution in [3.63, 3.8) is 0 Å². The van der Waals surface area contributed by atoms with E-state index in [9.17, 15) is 13.2 Å². The van der Waals surface area contributed by atoms with E-state index < -0.39 is 15.9 Å². The summed E-state index contributed by atoms with van der Waals surface area (Å²) in [4.78, 5) is 23.7. The Morgan fingerprint density at radius 3 is 2.38 bits per heavy atom. The molecule has 8 heteroatoms. The van der Waals surface area contributed by atoms with E-state index in [4.69, 9.17) is 0 Å². The van der Waals surface area contributed by atoms with Gasteiger partial charge in [-0.15, -0.1) is 0 Å². The summed E-state index contributed by atoms with van der Waals surface area (Å²) in [6.07, 6.45) is 3.54. The van der Waals surface area contributed by atoms with Gasteiger partial charge in [-0.3, -0.25) is 4.79 Å². The minimum Gasteiger partial charge on any atom is -0.344 e. The molecule has 0 unspecified atom stereocenters. The Kier molecular flexibility index (Phi) is 7.58. The number of nitrogens with zero attached hydrogens (tertiary/aromatic N) is 3. The van der Waals surface area contributed by atoms with Gasteiger partial charge in [0.25, 0.3) is 15.9 Å². The topological polar surface area (TPSA) is 92.3 Å². The average Bonchev–Trinajstić information content (AvgIpc) is 2.78. The van der Waals surface area contributed by atoms with Gasteiger partial charge in [0.2, 0.25) is 5.95 Å². The van der Waals surface area contributed by atoms with Crippen LogP contribution in [0, 0.1) is 6.92 Å². The maximum absolute atomic E-state index is 12.8. The highest BCUT2D eigenvalue weighted by molar-refractivity contribution is 7.90. The van der Waals surface area contributed by atoms with Gasteiger partial charge < -0.3 is 4.90 Å². The Hall–Kier alpha value is -3.26. The van der Waals surface area contributed by atoms with Crippen molar-refractivity contribution in [3.05, 3.63) is 83.2 Å². The molecule has 32 heavy (non-hydrogen) atoms. The van der Waals surface area contributed by atoms with Crippen molar-refractivity contribution in [3.8, 4) is 0 Å². The number of amides is 1. The molecule has 0 radical (unpaired) electrons. The van der Waals surface area contributed by atoms with Crippen LogP contribution in [0.4, 0.5) is 5.95 Å².